The van der Waals surface area contributed by atoms with Crippen LogP contribution in [-0.2, 0) is 10.2 Å². The van der Waals surface area contributed by atoms with Gasteiger partial charge in [0.05, 0.1) is 5.41 Å². The van der Waals surface area contributed by atoms with Crippen LogP contribution in [0.5, 0.6) is 0 Å². The van der Waals surface area contributed by atoms with Crippen molar-refractivity contribution in [2.24, 2.45) is 5.41 Å². The van der Waals surface area contributed by atoms with Crippen LogP contribution in [0.1, 0.15) is 38.0 Å². The Morgan fingerprint density at radius 2 is 1.80 bits per heavy atom. The van der Waals surface area contributed by atoms with Gasteiger partial charge in [0, 0.05) is 43.1 Å². The molecular formula is C20H31N3OS. The molecule has 1 aliphatic carbocycles. The summed E-state index contributed by atoms with van der Waals surface area (Å²) in [5, 5.41) is 2.11. The summed E-state index contributed by atoms with van der Waals surface area (Å²) in [6, 6.07) is 4.24. The van der Waals surface area contributed by atoms with E-state index in [1.54, 1.807) is 11.3 Å². The molecule has 4 nitrogen and oxygen atoms in total. The molecule has 1 spiro atoms. The number of hydrogen-bond donors (Lipinski definition) is 0. The van der Waals surface area contributed by atoms with Gasteiger partial charge in [0.25, 0.3) is 0 Å². The maximum absolute atomic E-state index is 13.5. The third-order valence-electron chi connectivity index (χ3n) is 7.22. The van der Waals surface area contributed by atoms with E-state index in [2.05, 4.69) is 60.2 Å². The topological polar surface area (TPSA) is 26.8 Å². The third-order valence-corrected chi connectivity index (χ3v) is 8.25. The molecule has 0 bridgehead atoms. The summed E-state index contributed by atoms with van der Waals surface area (Å²) < 4.78 is 0. The van der Waals surface area contributed by atoms with Crippen molar-refractivity contribution in [2.45, 2.75) is 44.1 Å². The monoisotopic (exact) mass is 361 g/mol. The quantitative estimate of drug-likeness (QED) is 0.810. The molecule has 0 radical (unpaired) electrons. The Balaban J connectivity index is 1.50. The molecule has 0 aromatic carbocycles. The number of likely N-dealkylation sites (tertiary alicyclic amines) is 1. The van der Waals surface area contributed by atoms with E-state index in [-0.39, 0.29) is 16.4 Å². The van der Waals surface area contributed by atoms with Crippen molar-refractivity contribution in [1.29, 1.82) is 0 Å². The smallest absolute Gasteiger partial charge is 0.234 e. The number of amides is 1. The number of nitrogens with zero attached hydrogens (tertiary/aromatic N) is 3. The molecule has 4 rings (SSSR count). The zero-order chi connectivity index (χ0) is 17.9. The van der Waals surface area contributed by atoms with Gasteiger partial charge in [0.2, 0.25) is 5.91 Å². The molecular weight excluding hydrogens is 330 g/mol. The lowest BCUT2D eigenvalue weighted by molar-refractivity contribution is -0.138. The van der Waals surface area contributed by atoms with Crippen molar-refractivity contribution in [3.8, 4) is 0 Å². The number of carbonyl (C=O) groups is 1. The Morgan fingerprint density at radius 3 is 2.36 bits per heavy atom. The lowest BCUT2D eigenvalue weighted by atomic mass is 9.82. The minimum absolute atomic E-state index is 0.0892. The van der Waals surface area contributed by atoms with Gasteiger partial charge < -0.3 is 9.80 Å². The van der Waals surface area contributed by atoms with E-state index in [0.29, 0.717) is 5.91 Å². The van der Waals surface area contributed by atoms with E-state index in [1.807, 2.05) is 0 Å². The summed E-state index contributed by atoms with van der Waals surface area (Å²) in [4.78, 5) is 22.0. The number of thiophene rings is 1. The van der Waals surface area contributed by atoms with Gasteiger partial charge in [-0.2, -0.15) is 0 Å². The van der Waals surface area contributed by atoms with Gasteiger partial charge in [0.15, 0.2) is 0 Å². The normalized spacial score (nSPS) is 32.1. The van der Waals surface area contributed by atoms with Crippen molar-refractivity contribution >= 4 is 17.2 Å². The molecule has 1 atom stereocenters. The van der Waals surface area contributed by atoms with Gasteiger partial charge in [-0.05, 0) is 50.2 Å². The molecule has 3 aliphatic rings. The van der Waals surface area contributed by atoms with Crippen LogP contribution in [0.4, 0.5) is 0 Å². The van der Waals surface area contributed by atoms with E-state index >= 15 is 0 Å². The van der Waals surface area contributed by atoms with Crippen molar-refractivity contribution in [3.05, 3.63) is 22.4 Å². The number of likely N-dealkylation sites (N-methyl/N-ethyl adjacent to an activating group) is 2. The standard InChI is InChI=1S/C20H31N3OS/c1-18(2)14-20(18,16-6-5-13-25-16)17(24)23-9-7-19(8-10-23)15-21(3)11-12-22(19)4/h5-6,13H,7-12,14-15H2,1-4H3/t20-/m1/s1. The average Bonchev–Trinajstić information content (AvgIpc) is 2.94. The molecule has 1 aromatic heterocycles. The molecule has 1 saturated carbocycles. The summed E-state index contributed by atoms with van der Waals surface area (Å²) >= 11 is 1.75. The van der Waals surface area contributed by atoms with Gasteiger partial charge in [0.1, 0.15) is 0 Å². The first kappa shape index (κ1) is 17.5. The summed E-state index contributed by atoms with van der Waals surface area (Å²) in [5.74, 6) is 0.376. The van der Waals surface area contributed by atoms with Crippen LogP contribution in [0.3, 0.4) is 0 Å². The van der Waals surface area contributed by atoms with Crippen LogP contribution in [-0.4, -0.2) is 73.0 Å². The Bertz CT molecular complexity index is 648. The fourth-order valence-corrected chi connectivity index (χ4v) is 6.32. The highest BCUT2D eigenvalue weighted by molar-refractivity contribution is 7.10. The molecule has 3 heterocycles. The van der Waals surface area contributed by atoms with Gasteiger partial charge in [-0.25, -0.2) is 0 Å². The van der Waals surface area contributed by atoms with E-state index in [1.165, 1.54) is 4.88 Å². The predicted octanol–water partition coefficient (Wildman–Crippen LogP) is 2.65. The molecule has 5 heteroatoms. The van der Waals surface area contributed by atoms with E-state index in [0.717, 1.165) is 52.0 Å². The zero-order valence-corrected chi connectivity index (χ0v) is 16.9. The maximum atomic E-state index is 13.5. The minimum Gasteiger partial charge on any atom is -0.342 e. The number of piperazine rings is 1. The summed E-state index contributed by atoms with van der Waals surface area (Å²) in [6.45, 7) is 9.72. The minimum atomic E-state index is -0.263. The zero-order valence-electron chi connectivity index (χ0n) is 16.0. The van der Waals surface area contributed by atoms with Gasteiger partial charge >= 0.3 is 0 Å². The van der Waals surface area contributed by atoms with Crippen LogP contribution in [0.2, 0.25) is 0 Å². The number of carbonyl (C=O) groups excluding carboxylic acids is 1. The molecule has 1 aromatic rings. The molecule has 1 amide bonds. The largest absolute Gasteiger partial charge is 0.342 e. The fraction of sp³-hybridized carbons (Fsp3) is 0.750. The van der Waals surface area contributed by atoms with Crippen molar-refractivity contribution in [1.82, 2.24) is 14.7 Å². The highest BCUT2D eigenvalue weighted by atomic mass is 32.1. The van der Waals surface area contributed by atoms with E-state index in [4.69, 9.17) is 0 Å². The highest BCUT2D eigenvalue weighted by Gasteiger charge is 2.68. The first-order valence-electron chi connectivity index (χ1n) is 9.54. The molecule has 0 N–H and O–H groups in total. The van der Waals surface area contributed by atoms with Crippen LogP contribution in [0.25, 0.3) is 0 Å². The van der Waals surface area contributed by atoms with E-state index < -0.39 is 0 Å². The van der Waals surface area contributed by atoms with Crippen LogP contribution in [0, 0.1) is 5.41 Å². The fourth-order valence-electron chi connectivity index (χ4n) is 5.23. The van der Waals surface area contributed by atoms with Crippen LogP contribution >= 0.6 is 11.3 Å². The average molecular weight is 362 g/mol. The first-order valence-corrected chi connectivity index (χ1v) is 10.4. The molecule has 3 fully saturated rings. The second kappa shape index (κ2) is 5.80. The number of rotatable bonds is 2. The second-order valence-electron chi connectivity index (χ2n) is 9.12. The first-order chi connectivity index (χ1) is 11.8. The SMILES string of the molecule is CN1CCN(C)C2(CCN(C(=O)[C@]3(c4cccs4)CC3(C)C)CC2)C1. The summed E-state index contributed by atoms with van der Waals surface area (Å²) in [6.07, 6.45) is 3.19. The summed E-state index contributed by atoms with van der Waals surface area (Å²) in [5.41, 5.74) is 0.0891. The van der Waals surface area contributed by atoms with Gasteiger partial charge in [-0.15, -0.1) is 11.3 Å². The van der Waals surface area contributed by atoms with Crippen molar-refractivity contribution < 1.29 is 4.79 Å². The molecule has 25 heavy (non-hydrogen) atoms. The predicted molar refractivity (Wildman–Crippen MR) is 103 cm³/mol. The summed E-state index contributed by atoms with van der Waals surface area (Å²) in [7, 11) is 4.49. The van der Waals surface area contributed by atoms with Crippen LogP contribution in [0.15, 0.2) is 17.5 Å². The third kappa shape index (κ3) is 2.58. The van der Waals surface area contributed by atoms with Gasteiger partial charge in [-0.1, -0.05) is 19.9 Å². The lowest BCUT2D eigenvalue weighted by Gasteiger charge is -2.52. The highest BCUT2D eigenvalue weighted by Crippen LogP contribution is 2.66. The van der Waals surface area contributed by atoms with E-state index in [9.17, 15) is 4.79 Å². The molecule has 2 aliphatic heterocycles. The Labute approximate surface area is 155 Å². The Morgan fingerprint density at radius 1 is 1.12 bits per heavy atom. The maximum Gasteiger partial charge on any atom is 0.234 e. The number of hydrogen-bond acceptors (Lipinski definition) is 4. The Hall–Kier alpha value is -0.910. The Kier molecular flexibility index (Phi) is 4.06. The van der Waals surface area contributed by atoms with Crippen LogP contribution < -0.4 is 0 Å². The molecule has 0 unspecified atom stereocenters. The van der Waals surface area contributed by atoms with Gasteiger partial charge in [-0.3, -0.25) is 9.69 Å². The molecule has 2 saturated heterocycles. The second-order valence-corrected chi connectivity index (χ2v) is 10.1. The number of piperidine rings is 1. The molecule has 138 valence electrons. The van der Waals surface area contributed by atoms with Crippen molar-refractivity contribution in [2.75, 3.05) is 46.8 Å². The van der Waals surface area contributed by atoms with Crippen molar-refractivity contribution in [3.63, 3.8) is 0 Å². The lowest BCUT2D eigenvalue weighted by Crippen LogP contribution is -2.64.